The molecule has 28 heavy (non-hydrogen) atoms. The van der Waals surface area contributed by atoms with Gasteiger partial charge in [0.1, 0.15) is 5.75 Å². The molecule has 2 saturated heterocycles. The van der Waals surface area contributed by atoms with Crippen LogP contribution in [0, 0.1) is 0 Å². The first kappa shape index (κ1) is 19.3. The van der Waals surface area contributed by atoms with E-state index in [9.17, 15) is 9.59 Å². The fourth-order valence-electron chi connectivity index (χ4n) is 4.23. The molecule has 0 bridgehead atoms. The Morgan fingerprint density at radius 1 is 1.14 bits per heavy atom. The molecule has 1 aliphatic carbocycles. The molecule has 1 atom stereocenters. The van der Waals surface area contributed by atoms with Crippen molar-refractivity contribution in [1.29, 1.82) is 0 Å². The number of thioether (sulfide) groups is 1. The van der Waals surface area contributed by atoms with E-state index in [4.69, 9.17) is 10.5 Å². The molecule has 3 fully saturated rings. The van der Waals surface area contributed by atoms with Gasteiger partial charge in [-0.3, -0.25) is 14.9 Å². The van der Waals surface area contributed by atoms with Crippen LogP contribution in [0.4, 0.5) is 10.5 Å². The number of ether oxygens (including phenoxy) is 1. The molecule has 0 radical (unpaired) electrons. The summed E-state index contributed by atoms with van der Waals surface area (Å²) in [5, 5.41) is 2.00. The van der Waals surface area contributed by atoms with Crippen molar-refractivity contribution in [3.8, 4) is 5.75 Å². The van der Waals surface area contributed by atoms with Gasteiger partial charge in [0.05, 0.1) is 16.7 Å². The second-order valence-electron chi connectivity index (χ2n) is 7.77. The maximum Gasteiger partial charge on any atom is 0.290 e. The number of amides is 2. The number of piperidine rings is 1. The minimum absolute atomic E-state index is 0.128. The Labute approximate surface area is 169 Å². The minimum atomic E-state index is -0.338. The number of benzene rings is 1. The lowest BCUT2D eigenvalue weighted by Gasteiger charge is -2.35. The van der Waals surface area contributed by atoms with E-state index in [0.717, 1.165) is 67.5 Å². The molecule has 2 aliphatic heterocycles. The fourth-order valence-corrected chi connectivity index (χ4v) is 4.90. The first-order valence-electron chi connectivity index (χ1n) is 10.2. The highest BCUT2D eigenvalue weighted by atomic mass is 32.2. The molecule has 1 aromatic rings. The monoisotopic (exact) mass is 401 g/mol. The van der Waals surface area contributed by atoms with Gasteiger partial charge >= 0.3 is 0 Å². The van der Waals surface area contributed by atoms with Crippen molar-refractivity contribution in [1.82, 2.24) is 5.32 Å². The lowest BCUT2D eigenvalue weighted by Crippen LogP contribution is -2.43. The summed E-state index contributed by atoms with van der Waals surface area (Å²) in [7, 11) is 0. The van der Waals surface area contributed by atoms with Crippen LogP contribution in [0.2, 0.25) is 0 Å². The van der Waals surface area contributed by atoms with Gasteiger partial charge in [0.15, 0.2) is 0 Å². The van der Waals surface area contributed by atoms with Crippen LogP contribution in [-0.4, -0.2) is 36.4 Å². The van der Waals surface area contributed by atoms with Gasteiger partial charge < -0.3 is 15.4 Å². The number of para-hydroxylation sites is 1. The second-order valence-corrected chi connectivity index (χ2v) is 8.79. The Hall–Kier alpha value is -1.99. The zero-order chi connectivity index (χ0) is 19.5. The largest absolute Gasteiger partial charge is 0.488 e. The number of imide groups is 1. The predicted octanol–water partition coefficient (Wildman–Crippen LogP) is 3.65. The van der Waals surface area contributed by atoms with Crippen LogP contribution in [0.5, 0.6) is 5.75 Å². The van der Waals surface area contributed by atoms with E-state index < -0.39 is 0 Å². The fraction of sp³-hybridized carbons (Fsp3) is 0.524. The van der Waals surface area contributed by atoms with E-state index in [-0.39, 0.29) is 23.3 Å². The van der Waals surface area contributed by atoms with Crippen molar-refractivity contribution in [2.24, 2.45) is 5.73 Å². The summed E-state index contributed by atoms with van der Waals surface area (Å²) in [5.41, 5.74) is 8.13. The molecule has 7 heteroatoms. The number of rotatable bonds is 4. The van der Waals surface area contributed by atoms with E-state index in [1.807, 2.05) is 18.2 Å². The van der Waals surface area contributed by atoms with Crippen LogP contribution in [-0.2, 0) is 4.79 Å². The summed E-state index contributed by atoms with van der Waals surface area (Å²) in [6, 6.07) is 6.08. The molecule has 2 amide bonds. The maximum atomic E-state index is 12.0. The Bertz CT molecular complexity index is 789. The van der Waals surface area contributed by atoms with Gasteiger partial charge in [-0.25, -0.2) is 0 Å². The normalized spacial score (nSPS) is 25.2. The van der Waals surface area contributed by atoms with Crippen molar-refractivity contribution in [2.45, 2.75) is 57.1 Å². The van der Waals surface area contributed by atoms with Gasteiger partial charge in [0.25, 0.3) is 11.1 Å². The lowest BCUT2D eigenvalue weighted by atomic mass is 9.97. The average Bonchev–Trinajstić information content (AvgIpc) is 3.00. The smallest absolute Gasteiger partial charge is 0.290 e. The van der Waals surface area contributed by atoms with Crippen LogP contribution < -0.4 is 20.7 Å². The molecule has 0 spiro atoms. The van der Waals surface area contributed by atoms with Gasteiger partial charge in [0, 0.05) is 24.7 Å². The zero-order valence-electron chi connectivity index (χ0n) is 16.0. The van der Waals surface area contributed by atoms with Crippen LogP contribution in [0.1, 0.15) is 50.5 Å². The highest BCUT2D eigenvalue weighted by Gasteiger charge is 2.28. The highest BCUT2D eigenvalue weighted by Crippen LogP contribution is 2.39. The number of carbonyl (C=O) groups is 2. The molecule has 1 aromatic carbocycles. The van der Waals surface area contributed by atoms with E-state index in [1.165, 1.54) is 19.3 Å². The molecule has 150 valence electrons. The molecule has 1 saturated carbocycles. The van der Waals surface area contributed by atoms with E-state index in [1.54, 1.807) is 6.08 Å². The van der Waals surface area contributed by atoms with Gasteiger partial charge in [-0.15, -0.1) is 0 Å². The summed E-state index contributed by atoms with van der Waals surface area (Å²) >= 11 is 0.943. The molecular weight excluding hydrogens is 374 g/mol. The zero-order valence-corrected chi connectivity index (χ0v) is 16.8. The Morgan fingerprint density at radius 3 is 2.68 bits per heavy atom. The van der Waals surface area contributed by atoms with Gasteiger partial charge in [-0.1, -0.05) is 18.6 Å². The Kier molecular flexibility index (Phi) is 5.92. The molecule has 2 heterocycles. The first-order valence-corrected chi connectivity index (χ1v) is 11.0. The number of nitrogens with one attached hydrogen (secondary N) is 1. The number of hydrogen-bond donors (Lipinski definition) is 2. The van der Waals surface area contributed by atoms with Crippen molar-refractivity contribution < 1.29 is 14.3 Å². The first-order chi connectivity index (χ1) is 13.6. The number of carbonyl (C=O) groups excluding carboxylic acids is 2. The summed E-state index contributed by atoms with van der Waals surface area (Å²) in [6.07, 6.45) is 9.93. The molecule has 1 unspecified atom stereocenters. The van der Waals surface area contributed by atoms with Crippen LogP contribution in [0.25, 0.3) is 6.08 Å². The third kappa shape index (κ3) is 4.36. The molecule has 0 aromatic heterocycles. The van der Waals surface area contributed by atoms with Gasteiger partial charge in [-0.2, -0.15) is 0 Å². The number of nitrogens with two attached hydrogens (primary N) is 1. The maximum absolute atomic E-state index is 12.0. The van der Waals surface area contributed by atoms with Gasteiger partial charge in [0.2, 0.25) is 0 Å². The van der Waals surface area contributed by atoms with Crippen molar-refractivity contribution >= 4 is 34.7 Å². The third-order valence-electron chi connectivity index (χ3n) is 5.58. The molecular formula is C21H27N3O3S. The van der Waals surface area contributed by atoms with E-state index in [0.29, 0.717) is 4.91 Å². The lowest BCUT2D eigenvalue weighted by molar-refractivity contribution is -0.115. The number of nitrogens with zero attached hydrogens (tertiary/aromatic N) is 1. The van der Waals surface area contributed by atoms with Crippen LogP contribution in [0.15, 0.2) is 23.1 Å². The van der Waals surface area contributed by atoms with E-state index in [2.05, 4.69) is 10.2 Å². The molecule has 6 nitrogen and oxygen atoms in total. The van der Waals surface area contributed by atoms with E-state index >= 15 is 0 Å². The summed E-state index contributed by atoms with van der Waals surface area (Å²) in [4.78, 5) is 26.3. The molecule has 3 aliphatic rings. The average molecular weight is 402 g/mol. The quantitative estimate of drug-likeness (QED) is 0.749. The third-order valence-corrected chi connectivity index (χ3v) is 6.39. The second kappa shape index (κ2) is 8.57. The van der Waals surface area contributed by atoms with Crippen molar-refractivity contribution in [3.63, 3.8) is 0 Å². The van der Waals surface area contributed by atoms with Crippen molar-refractivity contribution in [2.75, 3.05) is 18.0 Å². The SMILES string of the molecule is NC1CCCN(c2c(/C=C3/SC(=O)NC3=O)cccc2OC2CCCCC2)C1. The Balaban J connectivity index is 1.70. The van der Waals surface area contributed by atoms with Gasteiger partial charge in [-0.05, 0) is 62.4 Å². The highest BCUT2D eigenvalue weighted by molar-refractivity contribution is 8.18. The summed E-state index contributed by atoms with van der Waals surface area (Å²) in [6.45, 7) is 1.67. The molecule has 3 N–H and O–H groups in total. The van der Waals surface area contributed by atoms with Crippen LogP contribution in [0.3, 0.4) is 0 Å². The summed E-state index contributed by atoms with van der Waals surface area (Å²) in [5.74, 6) is 0.514. The minimum Gasteiger partial charge on any atom is -0.488 e. The molecule has 4 rings (SSSR count). The predicted molar refractivity (Wildman–Crippen MR) is 112 cm³/mol. The van der Waals surface area contributed by atoms with Crippen molar-refractivity contribution in [3.05, 3.63) is 28.7 Å². The number of anilines is 1. The topological polar surface area (TPSA) is 84.7 Å². The Morgan fingerprint density at radius 2 is 1.96 bits per heavy atom. The standard InChI is InChI=1S/C21H27N3O3S/c22-15-7-5-11-24(13-15)19-14(12-18-20(25)23-21(26)28-18)6-4-10-17(19)27-16-8-2-1-3-9-16/h4,6,10,12,15-16H,1-3,5,7-9,11,13,22H2,(H,23,25,26)/b18-12+. The summed E-state index contributed by atoms with van der Waals surface area (Å²) < 4.78 is 6.44. The van der Waals surface area contributed by atoms with Crippen LogP contribution >= 0.6 is 11.8 Å². The number of hydrogen-bond acceptors (Lipinski definition) is 6.